The Morgan fingerprint density at radius 1 is 1.43 bits per heavy atom. The Morgan fingerprint density at radius 2 is 2.00 bits per heavy atom. The highest BCUT2D eigenvalue weighted by molar-refractivity contribution is 9.09. The first kappa shape index (κ1) is 14.2. The number of ether oxygens (including phenoxy) is 1. The number of alkyl halides is 4. The first-order valence-corrected chi connectivity index (χ1v) is 5.15. The van der Waals surface area contributed by atoms with Crippen molar-refractivity contribution in [3.05, 3.63) is 0 Å². The second-order valence-electron chi connectivity index (χ2n) is 3.18. The molecule has 0 aromatic heterocycles. The van der Waals surface area contributed by atoms with Crippen molar-refractivity contribution < 1.29 is 17.9 Å². The lowest BCUT2D eigenvalue weighted by molar-refractivity contribution is -0.137. The summed E-state index contributed by atoms with van der Waals surface area (Å²) in [6.07, 6.45) is -4.84. The van der Waals surface area contributed by atoms with Gasteiger partial charge in [-0.25, -0.2) is 0 Å². The quantitative estimate of drug-likeness (QED) is 0.691. The summed E-state index contributed by atoms with van der Waals surface area (Å²) in [4.78, 5) is 1.71. The Morgan fingerprint density at radius 3 is 2.43 bits per heavy atom. The van der Waals surface area contributed by atoms with Gasteiger partial charge in [0.25, 0.3) is 0 Å². The van der Waals surface area contributed by atoms with E-state index in [0.29, 0.717) is 13.2 Å². The van der Waals surface area contributed by atoms with E-state index in [9.17, 15) is 13.2 Å². The van der Waals surface area contributed by atoms with Crippen molar-refractivity contribution in [1.29, 1.82) is 0 Å². The van der Waals surface area contributed by atoms with Crippen LogP contribution in [0.2, 0.25) is 0 Å². The molecule has 0 radical (unpaired) electrons. The van der Waals surface area contributed by atoms with Crippen LogP contribution < -0.4 is 0 Å². The molecule has 86 valence electrons. The van der Waals surface area contributed by atoms with Crippen LogP contribution in [-0.2, 0) is 4.74 Å². The number of nitrogens with zero attached hydrogens (tertiary/aromatic N) is 1. The Hall–Kier alpha value is 0.190. The highest BCUT2D eigenvalue weighted by Gasteiger charge is 2.27. The molecule has 0 bridgehead atoms. The maximum atomic E-state index is 11.8. The lowest BCUT2D eigenvalue weighted by Crippen LogP contribution is -2.31. The number of rotatable bonds is 6. The van der Waals surface area contributed by atoms with Crippen LogP contribution in [0.5, 0.6) is 0 Å². The van der Waals surface area contributed by atoms with Crippen molar-refractivity contribution in [3.8, 4) is 0 Å². The van der Waals surface area contributed by atoms with E-state index >= 15 is 0 Å². The molecule has 1 atom stereocenters. The molecule has 0 saturated carbocycles. The molecule has 0 N–H and O–H groups in total. The summed E-state index contributed by atoms with van der Waals surface area (Å²) in [7, 11) is 3.22. The lowest BCUT2D eigenvalue weighted by atomic mass is 10.3. The first-order chi connectivity index (χ1) is 6.35. The Bertz CT molecular complexity index is 154. The van der Waals surface area contributed by atoms with E-state index in [0.717, 1.165) is 0 Å². The van der Waals surface area contributed by atoms with Gasteiger partial charge in [-0.15, -0.1) is 0 Å². The maximum absolute atomic E-state index is 11.8. The molecule has 6 heteroatoms. The summed E-state index contributed by atoms with van der Waals surface area (Å²) >= 11 is 3.31. The van der Waals surface area contributed by atoms with Gasteiger partial charge in [-0.05, 0) is 7.05 Å². The van der Waals surface area contributed by atoms with E-state index in [1.807, 2.05) is 0 Å². The standard InChI is InChI=1S/C8H15BrF3NO/c1-13(4-3-8(10,11)12)5-7(9)6-14-2/h7H,3-6H2,1-2H3. The van der Waals surface area contributed by atoms with Crippen LogP contribution in [0.3, 0.4) is 0 Å². The summed E-state index contributed by atoms with van der Waals surface area (Å²) < 4.78 is 40.4. The third kappa shape index (κ3) is 8.77. The molecular formula is C8H15BrF3NO. The van der Waals surface area contributed by atoms with Gasteiger partial charge >= 0.3 is 6.18 Å². The molecule has 0 aliphatic heterocycles. The fourth-order valence-electron chi connectivity index (χ4n) is 0.981. The lowest BCUT2D eigenvalue weighted by Gasteiger charge is -2.20. The van der Waals surface area contributed by atoms with Gasteiger partial charge in [-0.1, -0.05) is 15.9 Å². The van der Waals surface area contributed by atoms with Crippen molar-refractivity contribution in [2.75, 3.05) is 33.9 Å². The molecule has 14 heavy (non-hydrogen) atoms. The zero-order chi connectivity index (χ0) is 11.2. The van der Waals surface area contributed by atoms with Crippen LogP contribution in [0.4, 0.5) is 13.2 Å². The van der Waals surface area contributed by atoms with Crippen molar-refractivity contribution in [1.82, 2.24) is 4.90 Å². The fourth-order valence-corrected chi connectivity index (χ4v) is 1.74. The summed E-state index contributed by atoms with van der Waals surface area (Å²) in [6, 6.07) is 0. The monoisotopic (exact) mass is 277 g/mol. The van der Waals surface area contributed by atoms with Gasteiger partial charge in [0.15, 0.2) is 0 Å². The minimum Gasteiger partial charge on any atom is -0.383 e. The highest BCUT2D eigenvalue weighted by atomic mass is 79.9. The molecule has 1 unspecified atom stereocenters. The average Bonchev–Trinajstić information content (AvgIpc) is 2.00. The third-order valence-electron chi connectivity index (χ3n) is 1.63. The molecule has 2 nitrogen and oxygen atoms in total. The molecule has 0 fully saturated rings. The summed E-state index contributed by atoms with van der Waals surface area (Å²) in [5, 5.41) is 0. The van der Waals surface area contributed by atoms with E-state index < -0.39 is 12.6 Å². The van der Waals surface area contributed by atoms with E-state index in [4.69, 9.17) is 4.74 Å². The van der Waals surface area contributed by atoms with E-state index in [2.05, 4.69) is 15.9 Å². The maximum Gasteiger partial charge on any atom is 0.390 e. The molecule has 0 heterocycles. The van der Waals surface area contributed by atoms with Gasteiger partial charge in [0.2, 0.25) is 0 Å². The SMILES string of the molecule is COCC(Br)CN(C)CCC(F)(F)F. The van der Waals surface area contributed by atoms with Gasteiger partial charge in [0.05, 0.1) is 17.9 Å². The molecule has 0 rings (SSSR count). The van der Waals surface area contributed by atoms with Crippen LogP contribution in [0.1, 0.15) is 6.42 Å². The summed E-state index contributed by atoms with van der Waals surface area (Å²) in [5.41, 5.74) is 0. The topological polar surface area (TPSA) is 12.5 Å². The number of hydrogen-bond donors (Lipinski definition) is 0. The van der Waals surface area contributed by atoms with Crippen LogP contribution >= 0.6 is 15.9 Å². The minimum absolute atomic E-state index is 0.0231. The van der Waals surface area contributed by atoms with E-state index in [1.165, 1.54) is 0 Å². The van der Waals surface area contributed by atoms with E-state index in [-0.39, 0.29) is 11.4 Å². The minimum atomic E-state index is -4.07. The fraction of sp³-hybridized carbons (Fsp3) is 1.00. The largest absolute Gasteiger partial charge is 0.390 e. The predicted octanol–water partition coefficient (Wildman–Crippen LogP) is 2.28. The van der Waals surface area contributed by atoms with Crippen molar-refractivity contribution in [2.24, 2.45) is 0 Å². The Balaban J connectivity index is 3.59. The number of halogens is 4. The van der Waals surface area contributed by atoms with Crippen LogP contribution in [-0.4, -0.2) is 49.8 Å². The third-order valence-corrected chi connectivity index (χ3v) is 2.19. The van der Waals surface area contributed by atoms with Gasteiger partial charge in [0.1, 0.15) is 0 Å². The molecule has 0 aromatic carbocycles. The zero-order valence-electron chi connectivity index (χ0n) is 8.27. The highest BCUT2D eigenvalue weighted by Crippen LogP contribution is 2.19. The Labute approximate surface area is 90.5 Å². The molecule has 0 aliphatic rings. The second-order valence-corrected chi connectivity index (χ2v) is 4.48. The molecule has 0 aliphatic carbocycles. The van der Waals surface area contributed by atoms with Crippen LogP contribution in [0.15, 0.2) is 0 Å². The summed E-state index contributed by atoms with van der Waals surface area (Å²) in [6.45, 7) is 1.07. The van der Waals surface area contributed by atoms with Gasteiger partial charge in [0, 0.05) is 20.2 Å². The average molecular weight is 278 g/mol. The molecule has 0 amide bonds. The molecule has 0 aromatic rings. The number of hydrogen-bond acceptors (Lipinski definition) is 2. The summed E-state index contributed by atoms with van der Waals surface area (Å²) in [5.74, 6) is 0. The first-order valence-electron chi connectivity index (χ1n) is 4.23. The molecule has 0 saturated heterocycles. The van der Waals surface area contributed by atoms with Gasteiger partial charge in [-0.2, -0.15) is 13.2 Å². The molecule has 0 spiro atoms. The van der Waals surface area contributed by atoms with Crippen molar-refractivity contribution in [3.63, 3.8) is 0 Å². The number of methoxy groups -OCH3 is 1. The molecular weight excluding hydrogens is 263 g/mol. The van der Waals surface area contributed by atoms with E-state index in [1.54, 1.807) is 19.1 Å². The van der Waals surface area contributed by atoms with Crippen LogP contribution in [0, 0.1) is 0 Å². The van der Waals surface area contributed by atoms with Gasteiger partial charge in [-0.3, -0.25) is 0 Å². The second kappa shape index (κ2) is 6.63. The van der Waals surface area contributed by atoms with Gasteiger partial charge < -0.3 is 9.64 Å². The van der Waals surface area contributed by atoms with Crippen molar-refractivity contribution >= 4 is 15.9 Å². The van der Waals surface area contributed by atoms with Crippen LogP contribution in [0.25, 0.3) is 0 Å². The zero-order valence-corrected chi connectivity index (χ0v) is 9.86. The normalized spacial score (nSPS) is 14.8. The van der Waals surface area contributed by atoms with Crippen molar-refractivity contribution in [2.45, 2.75) is 17.4 Å². The Kier molecular flexibility index (Phi) is 6.72. The predicted molar refractivity (Wildman–Crippen MR) is 52.8 cm³/mol. The smallest absolute Gasteiger partial charge is 0.383 e.